The smallest absolute Gasteiger partial charge is 0.0559 e. The molecule has 1 aliphatic heterocycles. The van der Waals surface area contributed by atoms with E-state index >= 15 is 0 Å². The molecule has 1 aromatic carbocycles. The van der Waals surface area contributed by atoms with Gasteiger partial charge in [0.1, 0.15) is 0 Å². The number of hydrogen-bond acceptors (Lipinski definition) is 2. The van der Waals surface area contributed by atoms with Crippen LogP contribution in [0.3, 0.4) is 0 Å². The molecule has 0 spiro atoms. The first-order valence-corrected chi connectivity index (χ1v) is 6.38. The summed E-state index contributed by atoms with van der Waals surface area (Å²) in [5, 5.41) is 3.55. The quantitative estimate of drug-likeness (QED) is 0.917. The summed E-state index contributed by atoms with van der Waals surface area (Å²) in [6.45, 7) is 9.26. The fourth-order valence-corrected chi connectivity index (χ4v) is 2.73. The molecule has 0 radical (unpaired) electrons. The first-order valence-electron chi connectivity index (χ1n) is 5.59. The Morgan fingerprint density at radius 2 is 1.88 bits per heavy atom. The predicted octanol–water partition coefficient (Wildman–Crippen LogP) is 3.51. The van der Waals surface area contributed by atoms with Crippen molar-refractivity contribution in [2.24, 2.45) is 5.41 Å². The molecule has 0 aromatic heterocycles. The molecule has 16 heavy (non-hydrogen) atoms. The van der Waals surface area contributed by atoms with Gasteiger partial charge < -0.3 is 10.1 Å². The third-order valence-corrected chi connectivity index (χ3v) is 3.55. The van der Waals surface area contributed by atoms with Crippen molar-refractivity contribution in [1.29, 1.82) is 0 Å². The molecule has 0 aliphatic carbocycles. The molecule has 1 heterocycles. The van der Waals surface area contributed by atoms with E-state index in [0.29, 0.717) is 5.41 Å². The molecule has 1 aromatic rings. The van der Waals surface area contributed by atoms with Gasteiger partial charge in [-0.05, 0) is 37.1 Å². The minimum Gasteiger partial charge on any atom is -0.384 e. The molecule has 1 aliphatic rings. The first kappa shape index (κ1) is 11.9. The van der Waals surface area contributed by atoms with Crippen molar-refractivity contribution >= 4 is 21.6 Å². The van der Waals surface area contributed by atoms with Crippen LogP contribution in [0.5, 0.6) is 0 Å². The predicted molar refractivity (Wildman–Crippen MR) is 71.0 cm³/mol. The van der Waals surface area contributed by atoms with Gasteiger partial charge in [0.05, 0.1) is 13.2 Å². The van der Waals surface area contributed by atoms with Gasteiger partial charge in [0.25, 0.3) is 0 Å². The maximum atomic E-state index is 5.26. The van der Waals surface area contributed by atoms with Crippen LogP contribution in [0.2, 0.25) is 0 Å². The van der Waals surface area contributed by atoms with Crippen LogP contribution in [0.15, 0.2) is 16.6 Å². The summed E-state index contributed by atoms with van der Waals surface area (Å²) in [6, 6.07) is 4.30. The standard InChI is InChI=1S/C13H18BrNO/c1-9-4-11(14)5-10(2)12(9)15-6-13(3)7-16-8-13/h4-5,15H,6-8H2,1-3H3. The lowest BCUT2D eigenvalue weighted by Gasteiger charge is -2.38. The SMILES string of the molecule is Cc1cc(Br)cc(C)c1NCC1(C)COC1. The molecule has 0 amide bonds. The van der Waals surface area contributed by atoms with Crippen LogP contribution in [0, 0.1) is 19.3 Å². The molecule has 2 rings (SSSR count). The molecule has 0 atom stereocenters. The molecule has 88 valence electrons. The van der Waals surface area contributed by atoms with Crippen molar-refractivity contribution in [3.05, 3.63) is 27.7 Å². The Morgan fingerprint density at radius 1 is 1.31 bits per heavy atom. The summed E-state index contributed by atoms with van der Waals surface area (Å²) >= 11 is 3.51. The van der Waals surface area contributed by atoms with Gasteiger partial charge >= 0.3 is 0 Å². The molecular weight excluding hydrogens is 266 g/mol. The molecule has 1 N–H and O–H groups in total. The molecule has 1 fully saturated rings. The molecule has 0 unspecified atom stereocenters. The zero-order valence-electron chi connectivity index (χ0n) is 10.1. The van der Waals surface area contributed by atoms with Crippen LogP contribution in [0.1, 0.15) is 18.1 Å². The Bertz CT molecular complexity index is 376. The van der Waals surface area contributed by atoms with E-state index in [4.69, 9.17) is 4.74 Å². The van der Waals surface area contributed by atoms with E-state index in [9.17, 15) is 0 Å². The van der Waals surface area contributed by atoms with E-state index in [-0.39, 0.29) is 0 Å². The normalized spacial score (nSPS) is 18.0. The summed E-state index contributed by atoms with van der Waals surface area (Å²) in [5.74, 6) is 0. The van der Waals surface area contributed by atoms with Crippen molar-refractivity contribution in [3.63, 3.8) is 0 Å². The highest BCUT2D eigenvalue weighted by Gasteiger charge is 2.33. The maximum Gasteiger partial charge on any atom is 0.0559 e. The minimum atomic E-state index is 0.311. The van der Waals surface area contributed by atoms with E-state index in [0.717, 1.165) is 24.2 Å². The van der Waals surface area contributed by atoms with Gasteiger partial charge in [0.15, 0.2) is 0 Å². The first-order chi connectivity index (χ1) is 7.50. The number of aryl methyl sites for hydroxylation is 2. The monoisotopic (exact) mass is 283 g/mol. The Balaban J connectivity index is 2.09. The molecule has 0 bridgehead atoms. The van der Waals surface area contributed by atoms with Crippen molar-refractivity contribution in [2.45, 2.75) is 20.8 Å². The lowest BCUT2D eigenvalue weighted by molar-refractivity contribution is -0.0924. The van der Waals surface area contributed by atoms with E-state index in [1.165, 1.54) is 16.8 Å². The Labute approximate surface area is 106 Å². The Morgan fingerprint density at radius 3 is 2.31 bits per heavy atom. The highest BCUT2D eigenvalue weighted by molar-refractivity contribution is 9.10. The van der Waals surface area contributed by atoms with E-state index in [2.05, 4.69) is 54.2 Å². The minimum absolute atomic E-state index is 0.311. The third-order valence-electron chi connectivity index (χ3n) is 3.09. The zero-order valence-corrected chi connectivity index (χ0v) is 11.6. The number of halogens is 1. The largest absolute Gasteiger partial charge is 0.384 e. The second-order valence-electron chi connectivity index (χ2n) is 5.07. The van der Waals surface area contributed by atoms with Crippen LogP contribution < -0.4 is 5.32 Å². The topological polar surface area (TPSA) is 21.3 Å². The lowest BCUT2D eigenvalue weighted by atomic mass is 9.88. The number of benzene rings is 1. The van der Waals surface area contributed by atoms with Crippen LogP contribution in [0.25, 0.3) is 0 Å². The van der Waals surface area contributed by atoms with Crippen LogP contribution in [0.4, 0.5) is 5.69 Å². The fraction of sp³-hybridized carbons (Fsp3) is 0.538. The number of anilines is 1. The van der Waals surface area contributed by atoms with E-state index in [1.54, 1.807) is 0 Å². The lowest BCUT2D eigenvalue weighted by Crippen LogP contribution is -2.45. The van der Waals surface area contributed by atoms with E-state index in [1.807, 2.05) is 0 Å². The van der Waals surface area contributed by atoms with Gasteiger partial charge in [-0.1, -0.05) is 22.9 Å². The summed E-state index contributed by atoms with van der Waals surface area (Å²) < 4.78 is 6.40. The van der Waals surface area contributed by atoms with Gasteiger partial charge in [-0.2, -0.15) is 0 Å². The number of ether oxygens (including phenoxy) is 1. The molecular formula is C13H18BrNO. The van der Waals surface area contributed by atoms with Crippen LogP contribution >= 0.6 is 15.9 Å². The molecule has 0 saturated carbocycles. The van der Waals surface area contributed by atoms with Gasteiger partial charge in [-0.3, -0.25) is 0 Å². The maximum absolute atomic E-state index is 5.26. The van der Waals surface area contributed by atoms with Gasteiger partial charge in [-0.25, -0.2) is 0 Å². The summed E-state index contributed by atoms with van der Waals surface area (Å²) in [6.07, 6.45) is 0. The van der Waals surface area contributed by atoms with Gasteiger partial charge in [0, 0.05) is 22.1 Å². The Hall–Kier alpha value is -0.540. The summed E-state index contributed by atoms with van der Waals surface area (Å²) in [7, 11) is 0. The molecule has 1 saturated heterocycles. The third kappa shape index (κ3) is 2.41. The average molecular weight is 284 g/mol. The van der Waals surface area contributed by atoms with Crippen molar-refractivity contribution in [3.8, 4) is 0 Å². The van der Waals surface area contributed by atoms with Gasteiger partial charge in [-0.15, -0.1) is 0 Å². The summed E-state index contributed by atoms with van der Waals surface area (Å²) in [4.78, 5) is 0. The van der Waals surface area contributed by atoms with Crippen molar-refractivity contribution in [1.82, 2.24) is 0 Å². The highest BCUT2D eigenvalue weighted by atomic mass is 79.9. The Kier molecular flexibility index (Phi) is 3.27. The van der Waals surface area contributed by atoms with Gasteiger partial charge in [0.2, 0.25) is 0 Å². The second-order valence-corrected chi connectivity index (χ2v) is 5.99. The van der Waals surface area contributed by atoms with Crippen molar-refractivity contribution < 1.29 is 4.74 Å². The highest BCUT2D eigenvalue weighted by Crippen LogP contribution is 2.30. The average Bonchev–Trinajstić information content (AvgIpc) is 2.13. The summed E-state index contributed by atoms with van der Waals surface area (Å²) in [5.41, 5.74) is 4.15. The molecule has 3 heteroatoms. The second kappa shape index (κ2) is 4.38. The number of nitrogens with one attached hydrogen (secondary N) is 1. The number of rotatable bonds is 3. The molecule has 2 nitrogen and oxygen atoms in total. The fourth-order valence-electron chi connectivity index (χ4n) is 2.04. The number of hydrogen-bond donors (Lipinski definition) is 1. The zero-order chi connectivity index (χ0) is 11.8. The van der Waals surface area contributed by atoms with Crippen molar-refractivity contribution in [2.75, 3.05) is 25.1 Å². The van der Waals surface area contributed by atoms with Crippen LogP contribution in [-0.4, -0.2) is 19.8 Å². The van der Waals surface area contributed by atoms with Crippen LogP contribution in [-0.2, 0) is 4.74 Å². The van der Waals surface area contributed by atoms with E-state index < -0.39 is 0 Å².